The third-order valence-corrected chi connectivity index (χ3v) is 4.71. The monoisotopic (exact) mass is 313 g/mol. The van der Waals surface area contributed by atoms with Crippen LogP contribution in [0.15, 0.2) is 36.8 Å². The lowest BCUT2D eigenvalue weighted by atomic mass is 9.86. The molecule has 5 nitrogen and oxygen atoms in total. The van der Waals surface area contributed by atoms with Crippen LogP contribution in [0.25, 0.3) is 0 Å². The molecule has 0 unspecified atom stereocenters. The molecule has 1 aliphatic rings. The first-order valence-electron chi connectivity index (χ1n) is 8.11. The van der Waals surface area contributed by atoms with Gasteiger partial charge in [-0.3, -0.25) is 4.79 Å². The molecule has 1 amide bonds. The summed E-state index contributed by atoms with van der Waals surface area (Å²) in [6.07, 6.45) is 4.80. The molecule has 1 aromatic heterocycles. The van der Waals surface area contributed by atoms with Crippen LogP contribution < -0.4 is 0 Å². The molecule has 0 bridgehead atoms. The van der Waals surface area contributed by atoms with Gasteiger partial charge in [-0.2, -0.15) is 0 Å². The van der Waals surface area contributed by atoms with Gasteiger partial charge in [0.25, 0.3) is 0 Å². The van der Waals surface area contributed by atoms with E-state index >= 15 is 0 Å². The smallest absolute Gasteiger partial charge is 0.228 e. The van der Waals surface area contributed by atoms with E-state index in [9.17, 15) is 9.90 Å². The number of β-amino-alcohol motifs (C(OH)–C–C–N with tert-alkyl or cyclic N) is 1. The second-order valence-electron chi connectivity index (χ2n) is 6.34. The number of nitrogens with zero attached hydrogens (tertiary/aromatic N) is 2. The molecular formula is C18H23N3O2. The molecule has 0 spiro atoms. The number of carbonyl (C=O) groups is 1. The van der Waals surface area contributed by atoms with E-state index in [1.54, 1.807) is 17.4 Å². The van der Waals surface area contributed by atoms with Crippen molar-refractivity contribution in [2.24, 2.45) is 5.92 Å². The molecule has 2 atom stereocenters. The van der Waals surface area contributed by atoms with Gasteiger partial charge in [0.05, 0.1) is 18.9 Å². The van der Waals surface area contributed by atoms with Gasteiger partial charge in [-0.1, -0.05) is 24.3 Å². The average molecular weight is 313 g/mol. The third-order valence-electron chi connectivity index (χ3n) is 4.71. The standard InChI is InChI=1S/C18H23N3O2/c1-13-4-2-3-5-14(13)8-15-6-7-21(11-17(15)22)18(23)9-16-10-19-12-20-16/h2-5,10,12,15,17,22H,6-9,11H2,1H3,(H,19,20)/t15-,17-/m1/s1. The van der Waals surface area contributed by atoms with Crippen LogP contribution in [0.5, 0.6) is 0 Å². The van der Waals surface area contributed by atoms with Gasteiger partial charge in [-0.25, -0.2) is 4.98 Å². The van der Waals surface area contributed by atoms with Crippen molar-refractivity contribution in [3.05, 3.63) is 53.6 Å². The fourth-order valence-corrected chi connectivity index (χ4v) is 3.22. The van der Waals surface area contributed by atoms with Gasteiger partial charge in [0, 0.05) is 25.0 Å². The Morgan fingerprint density at radius 1 is 1.43 bits per heavy atom. The minimum absolute atomic E-state index is 0.0441. The Bertz CT molecular complexity index is 654. The lowest BCUT2D eigenvalue weighted by molar-refractivity contribution is -0.135. The van der Waals surface area contributed by atoms with E-state index in [-0.39, 0.29) is 11.8 Å². The predicted octanol–water partition coefficient (Wildman–Crippen LogP) is 1.71. The Hall–Kier alpha value is -2.14. The Balaban J connectivity index is 1.57. The summed E-state index contributed by atoms with van der Waals surface area (Å²) < 4.78 is 0. The zero-order valence-electron chi connectivity index (χ0n) is 13.4. The zero-order valence-corrected chi connectivity index (χ0v) is 13.4. The van der Waals surface area contributed by atoms with Crippen LogP contribution in [0.4, 0.5) is 0 Å². The van der Waals surface area contributed by atoms with Crippen molar-refractivity contribution < 1.29 is 9.90 Å². The van der Waals surface area contributed by atoms with Gasteiger partial charge in [0.2, 0.25) is 5.91 Å². The number of imidazole rings is 1. The fourth-order valence-electron chi connectivity index (χ4n) is 3.22. The second kappa shape index (κ2) is 6.96. The maximum absolute atomic E-state index is 12.3. The lowest BCUT2D eigenvalue weighted by Gasteiger charge is -2.36. The minimum Gasteiger partial charge on any atom is -0.391 e. The number of hydrogen-bond acceptors (Lipinski definition) is 3. The van der Waals surface area contributed by atoms with Crippen LogP contribution >= 0.6 is 0 Å². The molecule has 0 saturated carbocycles. The Kier molecular flexibility index (Phi) is 4.76. The van der Waals surface area contributed by atoms with Crippen LogP contribution in [-0.4, -0.2) is 45.1 Å². The average Bonchev–Trinajstić information content (AvgIpc) is 3.04. The topological polar surface area (TPSA) is 69.2 Å². The molecule has 2 heterocycles. The van der Waals surface area contributed by atoms with Crippen molar-refractivity contribution in [1.29, 1.82) is 0 Å². The Morgan fingerprint density at radius 3 is 2.96 bits per heavy atom. The number of benzene rings is 1. The van der Waals surface area contributed by atoms with E-state index in [1.165, 1.54) is 11.1 Å². The molecule has 1 fully saturated rings. The number of aromatic amines is 1. The summed E-state index contributed by atoms with van der Waals surface area (Å²) in [7, 11) is 0. The van der Waals surface area contributed by atoms with Crippen molar-refractivity contribution in [1.82, 2.24) is 14.9 Å². The lowest BCUT2D eigenvalue weighted by Crippen LogP contribution is -2.47. The molecule has 0 aliphatic carbocycles. The SMILES string of the molecule is Cc1ccccc1C[C@H]1CCN(C(=O)Cc2cnc[nH]2)C[C@H]1O. The number of aryl methyl sites for hydroxylation is 1. The summed E-state index contributed by atoms with van der Waals surface area (Å²) in [6, 6.07) is 8.30. The van der Waals surface area contributed by atoms with Crippen molar-refractivity contribution in [3.8, 4) is 0 Å². The van der Waals surface area contributed by atoms with E-state index in [4.69, 9.17) is 0 Å². The van der Waals surface area contributed by atoms with Gasteiger partial charge < -0.3 is 15.0 Å². The van der Waals surface area contributed by atoms with E-state index in [2.05, 4.69) is 29.0 Å². The molecule has 1 aromatic carbocycles. The van der Waals surface area contributed by atoms with Crippen molar-refractivity contribution >= 4 is 5.91 Å². The number of aliphatic hydroxyl groups excluding tert-OH is 1. The summed E-state index contributed by atoms with van der Waals surface area (Å²) in [4.78, 5) is 20.9. The summed E-state index contributed by atoms with van der Waals surface area (Å²) in [5, 5.41) is 10.5. The first-order chi connectivity index (χ1) is 11.1. The Morgan fingerprint density at radius 2 is 2.26 bits per heavy atom. The van der Waals surface area contributed by atoms with Crippen LogP contribution in [0, 0.1) is 12.8 Å². The zero-order chi connectivity index (χ0) is 16.2. The molecule has 2 N–H and O–H groups in total. The van der Waals surface area contributed by atoms with Gasteiger partial charge in [0.1, 0.15) is 0 Å². The fraction of sp³-hybridized carbons (Fsp3) is 0.444. The van der Waals surface area contributed by atoms with Crippen LogP contribution in [0.2, 0.25) is 0 Å². The number of hydrogen-bond donors (Lipinski definition) is 2. The highest BCUT2D eigenvalue weighted by Crippen LogP contribution is 2.24. The van der Waals surface area contributed by atoms with Gasteiger partial charge in [-0.05, 0) is 36.8 Å². The maximum atomic E-state index is 12.3. The number of piperidine rings is 1. The third kappa shape index (κ3) is 3.79. The van der Waals surface area contributed by atoms with Gasteiger partial charge >= 0.3 is 0 Å². The molecule has 2 aromatic rings. The number of aromatic nitrogens is 2. The number of aliphatic hydroxyl groups is 1. The normalized spacial score (nSPS) is 21.4. The molecule has 5 heteroatoms. The highest BCUT2D eigenvalue weighted by Gasteiger charge is 2.30. The highest BCUT2D eigenvalue weighted by atomic mass is 16.3. The first-order valence-corrected chi connectivity index (χ1v) is 8.11. The molecule has 1 saturated heterocycles. The van der Waals surface area contributed by atoms with Crippen LogP contribution in [-0.2, 0) is 17.6 Å². The van der Waals surface area contributed by atoms with Crippen molar-refractivity contribution in [3.63, 3.8) is 0 Å². The van der Waals surface area contributed by atoms with Crippen LogP contribution in [0.3, 0.4) is 0 Å². The van der Waals surface area contributed by atoms with E-state index < -0.39 is 6.10 Å². The summed E-state index contributed by atoms with van der Waals surface area (Å²) in [6.45, 7) is 3.23. The molecule has 3 rings (SSSR count). The number of rotatable bonds is 4. The summed E-state index contributed by atoms with van der Waals surface area (Å²) in [5.41, 5.74) is 3.36. The van der Waals surface area contributed by atoms with Crippen LogP contribution in [0.1, 0.15) is 23.2 Å². The van der Waals surface area contributed by atoms with Crippen molar-refractivity contribution in [2.75, 3.05) is 13.1 Å². The maximum Gasteiger partial charge on any atom is 0.228 e. The number of H-pyrrole nitrogens is 1. The van der Waals surface area contributed by atoms with E-state index in [1.807, 2.05) is 12.1 Å². The second-order valence-corrected chi connectivity index (χ2v) is 6.34. The Labute approximate surface area is 136 Å². The quantitative estimate of drug-likeness (QED) is 0.903. The predicted molar refractivity (Wildman–Crippen MR) is 87.9 cm³/mol. The summed E-state index contributed by atoms with van der Waals surface area (Å²) in [5.74, 6) is 0.259. The largest absolute Gasteiger partial charge is 0.391 e. The van der Waals surface area contributed by atoms with E-state index in [0.717, 1.165) is 18.5 Å². The molecule has 1 aliphatic heterocycles. The minimum atomic E-state index is -0.464. The number of amides is 1. The van der Waals surface area contributed by atoms with Gasteiger partial charge in [0.15, 0.2) is 0 Å². The molecule has 122 valence electrons. The molecule has 23 heavy (non-hydrogen) atoms. The molecular weight excluding hydrogens is 290 g/mol. The first kappa shape index (κ1) is 15.7. The van der Waals surface area contributed by atoms with Gasteiger partial charge in [-0.15, -0.1) is 0 Å². The van der Waals surface area contributed by atoms with Crippen molar-refractivity contribution in [2.45, 2.75) is 32.3 Å². The number of carbonyl (C=O) groups excluding carboxylic acids is 1. The molecule has 0 radical (unpaired) electrons. The highest BCUT2D eigenvalue weighted by molar-refractivity contribution is 5.78. The summed E-state index contributed by atoms with van der Waals surface area (Å²) >= 11 is 0. The van der Waals surface area contributed by atoms with E-state index in [0.29, 0.717) is 19.5 Å². The number of likely N-dealkylation sites (tertiary alicyclic amines) is 1. The number of nitrogens with one attached hydrogen (secondary N) is 1.